The standard InChI is InChI=1S/C31H35B2N/c1-19(2)34-32(30-22(5)15-20(3)16-23(30)6)27-13-9-11-26-12-10-14-28(29(26)27)33(34)31-24(7)17-21(4)18-25(31)8/h9-19H,1-8H3. The lowest BCUT2D eigenvalue weighted by Gasteiger charge is -2.45. The molecule has 0 saturated heterocycles. The molecule has 1 nitrogen and oxygen atoms in total. The van der Waals surface area contributed by atoms with Crippen LogP contribution in [0.3, 0.4) is 0 Å². The zero-order chi connectivity index (χ0) is 24.3. The number of benzene rings is 4. The van der Waals surface area contributed by atoms with Crippen LogP contribution in [0.4, 0.5) is 0 Å². The Morgan fingerprint density at radius 2 is 0.971 bits per heavy atom. The second-order valence-electron chi connectivity index (χ2n) is 10.8. The Morgan fingerprint density at radius 1 is 0.588 bits per heavy atom. The zero-order valence-electron chi connectivity index (χ0n) is 22.0. The third kappa shape index (κ3) is 3.53. The van der Waals surface area contributed by atoms with E-state index in [0.717, 1.165) is 0 Å². The lowest BCUT2D eigenvalue weighted by Crippen LogP contribution is -2.74. The molecule has 0 aromatic heterocycles. The second kappa shape index (κ2) is 8.47. The molecule has 0 radical (unpaired) electrons. The Morgan fingerprint density at radius 3 is 1.32 bits per heavy atom. The molecule has 4 aromatic carbocycles. The molecule has 1 aliphatic rings. The summed E-state index contributed by atoms with van der Waals surface area (Å²) in [6, 6.07) is 23.6. The van der Waals surface area contributed by atoms with E-state index in [-0.39, 0.29) is 13.7 Å². The van der Waals surface area contributed by atoms with Crippen LogP contribution in [0.15, 0.2) is 60.7 Å². The predicted octanol–water partition coefficient (Wildman–Crippen LogP) is 4.63. The first-order chi connectivity index (χ1) is 16.2. The van der Waals surface area contributed by atoms with Crippen LogP contribution in [0.2, 0.25) is 0 Å². The van der Waals surface area contributed by atoms with Crippen molar-refractivity contribution in [1.29, 1.82) is 0 Å². The molecule has 34 heavy (non-hydrogen) atoms. The Hall–Kier alpha value is -2.77. The summed E-state index contributed by atoms with van der Waals surface area (Å²) < 4.78 is 2.78. The van der Waals surface area contributed by atoms with Crippen molar-refractivity contribution in [2.45, 2.75) is 61.4 Å². The van der Waals surface area contributed by atoms with Gasteiger partial charge in [0.25, 0.3) is 13.7 Å². The van der Waals surface area contributed by atoms with Gasteiger partial charge in [0.1, 0.15) is 0 Å². The Bertz CT molecular complexity index is 1270. The van der Waals surface area contributed by atoms with Gasteiger partial charge in [-0.1, -0.05) is 130 Å². The fourth-order valence-electron chi connectivity index (χ4n) is 6.78. The van der Waals surface area contributed by atoms with Crippen LogP contribution in [0.1, 0.15) is 47.2 Å². The lowest BCUT2D eigenvalue weighted by molar-refractivity contribution is 0.543. The van der Waals surface area contributed by atoms with Crippen molar-refractivity contribution in [3.63, 3.8) is 0 Å². The van der Waals surface area contributed by atoms with Gasteiger partial charge in [0.2, 0.25) is 0 Å². The van der Waals surface area contributed by atoms with E-state index in [9.17, 15) is 0 Å². The van der Waals surface area contributed by atoms with Crippen LogP contribution in [0.5, 0.6) is 0 Å². The van der Waals surface area contributed by atoms with E-state index in [1.54, 1.807) is 0 Å². The summed E-state index contributed by atoms with van der Waals surface area (Å²) in [6.07, 6.45) is 0. The average molecular weight is 443 g/mol. The molecule has 170 valence electrons. The van der Waals surface area contributed by atoms with Crippen LogP contribution in [0, 0.1) is 41.5 Å². The topological polar surface area (TPSA) is 3.24 Å². The van der Waals surface area contributed by atoms with Gasteiger partial charge in [-0.05, 0) is 58.4 Å². The summed E-state index contributed by atoms with van der Waals surface area (Å²) >= 11 is 0. The Kier molecular flexibility index (Phi) is 5.73. The molecule has 0 amide bonds. The maximum atomic E-state index is 2.78. The first kappa shape index (κ1) is 23.0. The molecule has 0 fully saturated rings. The average Bonchev–Trinajstić information content (AvgIpc) is 2.74. The van der Waals surface area contributed by atoms with Crippen molar-refractivity contribution < 1.29 is 0 Å². The monoisotopic (exact) mass is 443 g/mol. The minimum Gasteiger partial charge on any atom is -0.366 e. The lowest BCUT2D eigenvalue weighted by atomic mass is 9.31. The van der Waals surface area contributed by atoms with Crippen molar-refractivity contribution in [2.24, 2.45) is 0 Å². The van der Waals surface area contributed by atoms with Gasteiger partial charge in [-0.2, -0.15) is 0 Å². The number of nitrogens with zero attached hydrogens (tertiary/aromatic N) is 1. The van der Waals surface area contributed by atoms with Gasteiger partial charge < -0.3 is 4.72 Å². The first-order valence-corrected chi connectivity index (χ1v) is 12.6. The van der Waals surface area contributed by atoms with Crippen molar-refractivity contribution in [2.75, 3.05) is 0 Å². The molecule has 0 aliphatic carbocycles. The van der Waals surface area contributed by atoms with Gasteiger partial charge in [-0.3, -0.25) is 0 Å². The third-order valence-electron chi connectivity index (χ3n) is 7.77. The number of hydrogen-bond acceptors (Lipinski definition) is 1. The van der Waals surface area contributed by atoms with Crippen LogP contribution < -0.4 is 21.9 Å². The molecule has 1 aliphatic heterocycles. The highest BCUT2D eigenvalue weighted by Crippen LogP contribution is 2.24. The Labute approximate surface area is 206 Å². The van der Waals surface area contributed by atoms with Gasteiger partial charge in [0.15, 0.2) is 0 Å². The molecule has 0 unspecified atom stereocenters. The Balaban J connectivity index is 1.92. The predicted molar refractivity (Wildman–Crippen MR) is 152 cm³/mol. The molecule has 0 atom stereocenters. The minimum atomic E-state index is 0.212. The van der Waals surface area contributed by atoms with Gasteiger partial charge in [-0.25, -0.2) is 0 Å². The zero-order valence-corrected chi connectivity index (χ0v) is 22.0. The van der Waals surface area contributed by atoms with Gasteiger partial charge in [-0.15, -0.1) is 0 Å². The molecule has 0 bridgehead atoms. The molecule has 0 spiro atoms. The molecule has 5 rings (SSSR count). The number of rotatable bonds is 3. The summed E-state index contributed by atoms with van der Waals surface area (Å²) in [6.45, 7) is 18.8. The molecule has 3 heteroatoms. The molecule has 4 aromatic rings. The van der Waals surface area contributed by atoms with E-state index in [4.69, 9.17) is 0 Å². The van der Waals surface area contributed by atoms with E-state index >= 15 is 0 Å². The number of aryl methyl sites for hydroxylation is 6. The quantitative estimate of drug-likeness (QED) is 0.418. The third-order valence-corrected chi connectivity index (χ3v) is 7.77. The van der Waals surface area contributed by atoms with Crippen molar-refractivity contribution >= 4 is 46.3 Å². The van der Waals surface area contributed by atoms with Crippen LogP contribution in [-0.2, 0) is 0 Å². The SMILES string of the molecule is Cc1cc(C)c(B2c3cccc4cccc(c34)B(c3c(C)cc(C)cc3C)N2C(C)C)c(C)c1. The largest absolute Gasteiger partial charge is 0.366 e. The van der Waals surface area contributed by atoms with E-state index in [0.29, 0.717) is 6.04 Å². The van der Waals surface area contributed by atoms with Crippen molar-refractivity contribution in [1.82, 2.24) is 4.72 Å². The van der Waals surface area contributed by atoms with Crippen molar-refractivity contribution in [3.05, 3.63) is 94.0 Å². The highest BCUT2D eigenvalue weighted by Gasteiger charge is 2.45. The highest BCUT2D eigenvalue weighted by atomic mass is 15.0. The van der Waals surface area contributed by atoms with Crippen LogP contribution in [-0.4, -0.2) is 24.5 Å². The molecule has 0 N–H and O–H groups in total. The maximum absolute atomic E-state index is 2.78. The number of hydrogen-bond donors (Lipinski definition) is 0. The van der Waals surface area contributed by atoms with Gasteiger partial charge in [0, 0.05) is 0 Å². The first-order valence-electron chi connectivity index (χ1n) is 12.6. The molecule has 0 saturated carbocycles. The van der Waals surface area contributed by atoms with Crippen molar-refractivity contribution in [3.8, 4) is 0 Å². The second-order valence-corrected chi connectivity index (χ2v) is 10.8. The highest BCUT2D eigenvalue weighted by molar-refractivity contribution is 7.02. The fraction of sp³-hybridized carbons (Fsp3) is 0.290. The molecule has 1 heterocycles. The summed E-state index contributed by atoms with van der Waals surface area (Å²) in [5.41, 5.74) is 14.0. The van der Waals surface area contributed by atoms with E-state index in [1.807, 2.05) is 0 Å². The molecular formula is C31H35B2N. The van der Waals surface area contributed by atoms with Crippen LogP contribution >= 0.6 is 0 Å². The summed E-state index contributed by atoms with van der Waals surface area (Å²) in [5, 5.41) is 2.79. The minimum absolute atomic E-state index is 0.212. The maximum Gasteiger partial charge on any atom is 0.282 e. The van der Waals surface area contributed by atoms with Gasteiger partial charge >= 0.3 is 0 Å². The summed E-state index contributed by atoms with van der Waals surface area (Å²) in [7, 11) is 0. The fourth-order valence-corrected chi connectivity index (χ4v) is 6.78. The summed E-state index contributed by atoms with van der Waals surface area (Å²) in [4.78, 5) is 0. The summed E-state index contributed by atoms with van der Waals surface area (Å²) in [5.74, 6) is 0. The van der Waals surface area contributed by atoms with Gasteiger partial charge in [0.05, 0.1) is 0 Å². The van der Waals surface area contributed by atoms with E-state index in [1.165, 1.54) is 66.0 Å². The molecular weight excluding hydrogens is 408 g/mol. The van der Waals surface area contributed by atoms with E-state index < -0.39 is 0 Å². The van der Waals surface area contributed by atoms with E-state index in [2.05, 4.69) is 121 Å². The smallest absolute Gasteiger partial charge is 0.282 e. The normalized spacial score (nSPS) is 13.9. The van der Waals surface area contributed by atoms with Crippen LogP contribution in [0.25, 0.3) is 10.8 Å².